The largest absolute Gasteiger partial charge is 0.269 e. The van der Waals surface area contributed by atoms with Gasteiger partial charge in [0.1, 0.15) is 5.15 Å². The van der Waals surface area contributed by atoms with Gasteiger partial charge in [-0.3, -0.25) is 14.4 Å². The molecule has 0 aliphatic carbocycles. The molecule has 7 nitrogen and oxygen atoms in total. The maximum absolute atomic E-state index is 12.4. The fraction of sp³-hybridized carbons (Fsp3) is 0.0833. The molecule has 0 N–H and O–H groups in total. The molecule has 0 unspecified atom stereocenters. The summed E-state index contributed by atoms with van der Waals surface area (Å²) in [6.45, 7) is 0. The zero-order valence-electron chi connectivity index (χ0n) is 10.8. The minimum absolute atomic E-state index is 0.0108. The summed E-state index contributed by atoms with van der Waals surface area (Å²) in [5, 5.41) is 10.7. The molecule has 1 heterocycles. The molecule has 0 saturated heterocycles. The van der Waals surface area contributed by atoms with E-state index in [4.69, 9.17) is 11.6 Å². The lowest BCUT2D eigenvalue weighted by Gasteiger charge is -2.19. The molecular weight excluding hydrogens is 318 g/mol. The summed E-state index contributed by atoms with van der Waals surface area (Å²) in [6, 6.07) is 7.75. The number of rotatable bonds is 4. The van der Waals surface area contributed by atoms with Gasteiger partial charge >= 0.3 is 0 Å². The summed E-state index contributed by atoms with van der Waals surface area (Å²) in [5.74, 6) is 0. The molecule has 1 aromatic heterocycles. The lowest BCUT2D eigenvalue weighted by atomic mass is 10.3. The van der Waals surface area contributed by atoms with E-state index in [1.165, 1.54) is 49.6 Å². The molecule has 0 amide bonds. The van der Waals surface area contributed by atoms with E-state index in [0.29, 0.717) is 5.69 Å². The minimum Gasteiger partial charge on any atom is -0.269 e. The summed E-state index contributed by atoms with van der Waals surface area (Å²) in [6.07, 6.45) is 1.29. The van der Waals surface area contributed by atoms with Crippen LogP contribution in [0.4, 0.5) is 11.4 Å². The highest BCUT2D eigenvalue weighted by molar-refractivity contribution is 7.92. The highest BCUT2D eigenvalue weighted by Gasteiger charge is 2.22. The molecule has 0 aliphatic rings. The Hall–Kier alpha value is -2.19. The third-order valence-corrected chi connectivity index (χ3v) is 4.77. The first-order chi connectivity index (χ1) is 9.82. The summed E-state index contributed by atoms with van der Waals surface area (Å²) in [4.78, 5) is 13.7. The number of aromatic nitrogens is 1. The first-order valence-corrected chi connectivity index (χ1v) is 7.49. The second-order valence-electron chi connectivity index (χ2n) is 4.06. The van der Waals surface area contributed by atoms with Crippen molar-refractivity contribution in [1.29, 1.82) is 0 Å². The Balaban J connectivity index is 2.38. The number of anilines is 1. The van der Waals surface area contributed by atoms with Crippen LogP contribution in [0.5, 0.6) is 0 Å². The molecule has 0 fully saturated rings. The molecule has 110 valence electrons. The van der Waals surface area contributed by atoms with E-state index < -0.39 is 14.9 Å². The number of sulfonamides is 1. The van der Waals surface area contributed by atoms with Crippen LogP contribution in [0.2, 0.25) is 5.15 Å². The lowest BCUT2D eigenvalue weighted by Crippen LogP contribution is -2.26. The molecule has 0 spiro atoms. The predicted molar refractivity (Wildman–Crippen MR) is 77.9 cm³/mol. The van der Waals surface area contributed by atoms with Crippen molar-refractivity contribution in [3.8, 4) is 0 Å². The van der Waals surface area contributed by atoms with E-state index in [2.05, 4.69) is 4.98 Å². The van der Waals surface area contributed by atoms with Gasteiger partial charge in [-0.05, 0) is 24.3 Å². The van der Waals surface area contributed by atoms with Crippen molar-refractivity contribution in [2.45, 2.75) is 4.90 Å². The highest BCUT2D eigenvalue weighted by Crippen LogP contribution is 2.24. The highest BCUT2D eigenvalue weighted by atomic mass is 35.5. The van der Waals surface area contributed by atoms with E-state index in [9.17, 15) is 18.5 Å². The number of benzene rings is 1. The van der Waals surface area contributed by atoms with Crippen LogP contribution >= 0.6 is 11.6 Å². The molecule has 0 saturated carbocycles. The molecule has 1 aromatic carbocycles. The summed E-state index contributed by atoms with van der Waals surface area (Å²) in [5.41, 5.74) is 0.185. The Labute approximate surface area is 126 Å². The predicted octanol–water partition coefficient (Wildman–Crippen LogP) is 2.47. The molecule has 0 atom stereocenters. The number of hydrogen-bond donors (Lipinski definition) is 0. The van der Waals surface area contributed by atoms with Gasteiger partial charge in [-0.15, -0.1) is 0 Å². The van der Waals surface area contributed by atoms with Gasteiger partial charge < -0.3 is 0 Å². The first kappa shape index (κ1) is 15.2. The molecule has 2 aromatic rings. The van der Waals surface area contributed by atoms with E-state index >= 15 is 0 Å². The van der Waals surface area contributed by atoms with Crippen LogP contribution in [0, 0.1) is 10.1 Å². The van der Waals surface area contributed by atoms with Crippen molar-refractivity contribution in [3.63, 3.8) is 0 Å². The van der Waals surface area contributed by atoms with E-state index in [1.807, 2.05) is 0 Å². The monoisotopic (exact) mass is 327 g/mol. The zero-order valence-corrected chi connectivity index (χ0v) is 12.4. The Morgan fingerprint density at radius 2 is 1.86 bits per heavy atom. The van der Waals surface area contributed by atoms with Crippen molar-refractivity contribution >= 4 is 33.0 Å². The Bertz CT molecular complexity index is 777. The molecule has 0 radical (unpaired) electrons. The Morgan fingerprint density at radius 3 is 2.38 bits per heavy atom. The minimum atomic E-state index is -3.81. The number of pyridine rings is 1. The molecular formula is C12H10ClN3O4S. The third kappa shape index (κ3) is 3.11. The van der Waals surface area contributed by atoms with Crippen LogP contribution in [-0.4, -0.2) is 25.4 Å². The van der Waals surface area contributed by atoms with Gasteiger partial charge in [0, 0.05) is 25.4 Å². The number of nitro groups is 1. The topological polar surface area (TPSA) is 93.4 Å². The van der Waals surface area contributed by atoms with Crippen molar-refractivity contribution in [2.75, 3.05) is 11.4 Å². The Morgan fingerprint density at radius 1 is 1.24 bits per heavy atom. The van der Waals surface area contributed by atoms with Crippen LogP contribution in [0.25, 0.3) is 0 Å². The zero-order chi connectivity index (χ0) is 15.6. The van der Waals surface area contributed by atoms with Crippen LogP contribution < -0.4 is 4.31 Å². The third-order valence-electron chi connectivity index (χ3n) is 2.78. The van der Waals surface area contributed by atoms with Crippen molar-refractivity contribution in [3.05, 3.63) is 57.9 Å². The van der Waals surface area contributed by atoms with E-state index in [-0.39, 0.29) is 15.7 Å². The molecule has 0 aliphatic heterocycles. The molecule has 21 heavy (non-hydrogen) atoms. The first-order valence-electron chi connectivity index (χ1n) is 5.67. The standard InChI is InChI=1S/C12H10ClN3O4S/c1-15(9-2-4-10(5-3-9)16(17)18)21(19,20)11-6-7-14-12(13)8-11/h2-8H,1H3. The summed E-state index contributed by atoms with van der Waals surface area (Å²) < 4.78 is 25.8. The van der Waals surface area contributed by atoms with Gasteiger partial charge in [0.25, 0.3) is 15.7 Å². The summed E-state index contributed by atoms with van der Waals surface area (Å²) in [7, 11) is -2.46. The van der Waals surface area contributed by atoms with E-state index in [1.54, 1.807) is 0 Å². The molecule has 2 rings (SSSR count). The average molecular weight is 328 g/mol. The quantitative estimate of drug-likeness (QED) is 0.488. The Kier molecular flexibility index (Phi) is 4.10. The van der Waals surface area contributed by atoms with Crippen molar-refractivity contribution in [1.82, 2.24) is 4.98 Å². The number of halogens is 1. The van der Waals surface area contributed by atoms with Crippen molar-refractivity contribution in [2.24, 2.45) is 0 Å². The fourth-order valence-electron chi connectivity index (χ4n) is 1.63. The van der Waals surface area contributed by atoms with Gasteiger partial charge in [-0.25, -0.2) is 13.4 Å². The normalized spacial score (nSPS) is 11.1. The van der Waals surface area contributed by atoms with Crippen LogP contribution in [0.3, 0.4) is 0 Å². The second kappa shape index (κ2) is 5.66. The lowest BCUT2D eigenvalue weighted by molar-refractivity contribution is -0.384. The molecule has 9 heteroatoms. The van der Waals surface area contributed by atoms with Crippen LogP contribution in [0.15, 0.2) is 47.5 Å². The number of hydrogen-bond acceptors (Lipinski definition) is 5. The van der Waals surface area contributed by atoms with Crippen molar-refractivity contribution < 1.29 is 13.3 Å². The number of nitro benzene ring substituents is 1. The molecule has 0 bridgehead atoms. The van der Waals surface area contributed by atoms with Gasteiger partial charge in [0.05, 0.1) is 15.5 Å². The van der Waals surface area contributed by atoms with Gasteiger partial charge in [0.15, 0.2) is 0 Å². The smallest absolute Gasteiger partial charge is 0.269 e. The number of non-ortho nitro benzene ring substituents is 1. The SMILES string of the molecule is CN(c1ccc([N+](=O)[O-])cc1)S(=O)(=O)c1ccnc(Cl)c1. The maximum atomic E-state index is 12.4. The fourth-order valence-corrected chi connectivity index (χ4v) is 3.07. The van der Waals surface area contributed by atoms with Crippen LogP contribution in [-0.2, 0) is 10.0 Å². The summed E-state index contributed by atoms with van der Waals surface area (Å²) >= 11 is 5.69. The van der Waals surface area contributed by atoms with Crippen LogP contribution in [0.1, 0.15) is 0 Å². The maximum Gasteiger partial charge on any atom is 0.269 e. The second-order valence-corrected chi connectivity index (χ2v) is 6.42. The average Bonchev–Trinajstić information content (AvgIpc) is 2.46. The van der Waals surface area contributed by atoms with Gasteiger partial charge in [0.2, 0.25) is 0 Å². The number of nitrogens with zero attached hydrogens (tertiary/aromatic N) is 3. The van der Waals surface area contributed by atoms with E-state index in [0.717, 1.165) is 4.31 Å². The van der Waals surface area contributed by atoms with Gasteiger partial charge in [-0.1, -0.05) is 11.6 Å². The van der Waals surface area contributed by atoms with Gasteiger partial charge in [-0.2, -0.15) is 0 Å².